The number of fused-ring (bicyclic) bond motifs is 1. The molecular weight excluding hydrogens is 478 g/mol. The quantitative estimate of drug-likeness (QED) is 0.581. The van der Waals surface area contributed by atoms with Crippen LogP contribution in [0.25, 0.3) is 0 Å². The van der Waals surface area contributed by atoms with Crippen LogP contribution in [0.2, 0.25) is 0 Å². The van der Waals surface area contributed by atoms with E-state index in [0.29, 0.717) is 17.2 Å². The zero-order valence-corrected chi connectivity index (χ0v) is 17.6. The van der Waals surface area contributed by atoms with Gasteiger partial charge in [0.05, 0.1) is 4.90 Å². The fraction of sp³-hybridized carbons (Fsp3) is 0.105. The third-order valence-electron chi connectivity index (χ3n) is 4.19. The van der Waals surface area contributed by atoms with Crippen molar-refractivity contribution < 1.29 is 22.7 Å². The monoisotopic (exact) mass is 491 g/mol. The highest BCUT2D eigenvalue weighted by Gasteiger charge is 2.21. The van der Waals surface area contributed by atoms with Gasteiger partial charge in [0.15, 0.2) is 16.5 Å². The van der Waals surface area contributed by atoms with E-state index in [1.807, 2.05) is 0 Å². The van der Waals surface area contributed by atoms with Crippen molar-refractivity contribution in [3.8, 4) is 11.5 Å². The van der Waals surface area contributed by atoms with Crippen LogP contribution in [0, 0.1) is 0 Å². The van der Waals surface area contributed by atoms with Crippen LogP contribution in [-0.2, 0) is 21.2 Å². The van der Waals surface area contributed by atoms with Gasteiger partial charge in [0.25, 0.3) is 5.56 Å². The summed E-state index contributed by atoms with van der Waals surface area (Å²) in [6, 6.07) is 13.0. The van der Waals surface area contributed by atoms with Crippen molar-refractivity contribution >= 4 is 37.4 Å². The summed E-state index contributed by atoms with van der Waals surface area (Å²) in [5.74, 6) is 0.504. The van der Waals surface area contributed by atoms with Crippen molar-refractivity contribution in [2.45, 2.75) is 16.5 Å². The average molecular weight is 492 g/mol. The summed E-state index contributed by atoms with van der Waals surface area (Å²) in [6.45, 7) is -0.358. The topological polar surface area (TPSA) is 117 Å². The lowest BCUT2D eigenvalue weighted by Crippen LogP contribution is -2.30. The van der Waals surface area contributed by atoms with E-state index < -0.39 is 27.8 Å². The summed E-state index contributed by atoms with van der Waals surface area (Å²) >= 11 is 3.25. The maximum atomic E-state index is 12.8. The molecule has 0 atom stereocenters. The highest BCUT2D eigenvalue weighted by molar-refractivity contribution is 9.10. The van der Waals surface area contributed by atoms with Crippen molar-refractivity contribution in [1.29, 1.82) is 0 Å². The lowest BCUT2D eigenvalue weighted by Gasteiger charge is -2.09. The predicted molar refractivity (Wildman–Crippen MR) is 109 cm³/mol. The minimum absolute atomic E-state index is 0.0215. The molecule has 2 aromatic carbocycles. The predicted octanol–water partition coefficient (Wildman–Crippen LogP) is 2.21. The number of hydrogen-bond donors (Lipinski definition) is 1. The molecule has 3 aromatic rings. The number of amides is 1. The zero-order valence-electron chi connectivity index (χ0n) is 15.2. The van der Waals surface area contributed by atoms with Gasteiger partial charge in [0.2, 0.25) is 22.5 Å². The third-order valence-corrected chi connectivity index (χ3v) is 6.38. The first kappa shape index (κ1) is 20.1. The molecule has 4 rings (SSSR count). The number of hydrogen-bond acceptors (Lipinski definition) is 7. The average Bonchev–Trinajstić information content (AvgIpc) is 3.17. The minimum atomic E-state index is -3.95. The molecule has 0 spiro atoms. The Morgan fingerprint density at radius 1 is 1.07 bits per heavy atom. The van der Waals surface area contributed by atoms with Crippen molar-refractivity contribution in [2.24, 2.45) is 0 Å². The van der Waals surface area contributed by atoms with Crippen LogP contribution in [0.4, 0.5) is 5.69 Å². The Balaban J connectivity index is 1.55. The first-order valence-electron chi connectivity index (χ1n) is 8.61. The molecule has 1 N–H and O–H groups in total. The molecule has 154 valence electrons. The lowest BCUT2D eigenvalue weighted by molar-refractivity contribution is -0.117. The summed E-state index contributed by atoms with van der Waals surface area (Å²) in [6.07, 6.45) is 0. The summed E-state index contributed by atoms with van der Waals surface area (Å²) in [7, 11) is -3.95. The van der Waals surface area contributed by atoms with E-state index in [1.165, 1.54) is 12.1 Å². The molecule has 1 aliphatic heterocycles. The molecule has 11 heteroatoms. The number of carbonyl (C=O) groups is 1. The molecule has 2 heterocycles. The van der Waals surface area contributed by atoms with Gasteiger partial charge in [0.1, 0.15) is 6.54 Å². The molecule has 0 radical (unpaired) electrons. The largest absolute Gasteiger partial charge is 0.454 e. The molecule has 1 amide bonds. The number of sulfone groups is 1. The molecule has 9 nitrogen and oxygen atoms in total. The Labute approximate surface area is 179 Å². The Bertz CT molecular complexity index is 1290. The number of anilines is 1. The molecule has 1 aromatic heterocycles. The number of ether oxygens (including phenoxy) is 2. The van der Waals surface area contributed by atoms with Crippen LogP contribution < -0.4 is 20.3 Å². The van der Waals surface area contributed by atoms with Gasteiger partial charge in [-0.1, -0.05) is 15.9 Å². The van der Waals surface area contributed by atoms with Crippen LogP contribution >= 0.6 is 15.9 Å². The normalized spacial score (nSPS) is 12.6. The van der Waals surface area contributed by atoms with E-state index in [-0.39, 0.29) is 16.7 Å². The van der Waals surface area contributed by atoms with Gasteiger partial charge in [-0.25, -0.2) is 13.1 Å². The van der Waals surface area contributed by atoms with Gasteiger partial charge >= 0.3 is 0 Å². The van der Waals surface area contributed by atoms with Gasteiger partial charge < -0.3 is 14.8 Å². The highest BCUT2D eigenvalue weighted by Crippen LogP contribution is 2.34. The van der Waals surface area contributed by atoms with Gasteiger partial charge in [0, 0.05) is 22.3 Å². The van der Waals surface area contributed by atoms with Crippen LogP contribution in [0.3, 0.4) is 0 Å². The van der Waals surface area contributed by atoms with E-state index in [4.69, 9.17) is 9.47 Å². The summed E-state index contributed by atoms with van der Waals surface area (Å²) < 4.78 is 37.5. The van der Waals surface area contributed by atoms with Crippen molar-refractivity contribution in [3.63, 3.8) is 0 Å². The summed E-state index contributed by atoms with van der Waals surface area (Å²) in [5.41, 5.74) is -0.165. The number of halogens is 1. The van der Waals surface area contributed by atoms with E-state index in [0.717, 1.165) is 21.3 Å². The molecule has 0 bridgehead atoms. The second kappa shape index (κ2) is 7.92. The van der Waals surface area contributed by atoms with E-state index in [1.54, 1.807) is 30.3 Å². The first-order chi connectivity index (χ1) is 14.3. The minimum Gasteiger partial charge on any atom is -0.454 e. The van der Waals surface area contributed by atoms with Gasteiger partial charge in [-0.15, -0.1) is 0 Å². The Kier molecular flexibility index (Phi) is 5.31. The van der Waals surface area contributed by atoms with Crippen LogP contribution in [0.15, 0.2) is 73.8 Å². The zero-order chi connectivity index (χ0) is 21.3. The summed E-state index contributed by atoms with van der Waals surface area (Å²) in [5, 5.41) is 6.16. The molecular formula is C19H14BrN3O6S. The fourth-order valence-corrected chi connectivity index (χ4v) is 4.19. The molecule has 0 fully saturated rings. The van der Waals surface area contributed by atoms with Crippen molar-refractivity contribution in [1.82, 2.24) is 9.78 Å². The van der Waals surface area contributed by atoms with Crippen LogP contribution in [0.5, 0.6) is 11.5 Å². The second-order valence-corrected chi connectivity index (χ2v) is 9.05. The third kappa shape index (κ3) is 4.07. The van der Waals surface area contributed by atoms with Gasteiger partial charge in [-0.05, 0) is 42.5 Å². The molecule has 30 heavy (non-hydrogen) atoms. The number of nitrogens with zero attached hydrogens (tertiary/aromatic N) is 2. The standard InChI is InChI=1S/C19H14BrN3O6S/c20-12-1-4-14(5-2-12)30(26,27)18-7-8-19(25)23(22-18)10-17(24)21-13-3-6-15-16(9-13)29-11-28-15/h1-9H,10-11H2,(H,21,24). The summed E-state index contributed by atoms with van der Waals surface area (Å²) in [4.78, 5) is 24.5. The molecule has 0 saturated heterocycles. The smallest absolute Gasteiger partial charge is 0.267 e. The molecule has 1 aliphatic rings. The molecule has 0 unspecified atom stereocenters. The molecule has 0 saturated carbocycles. The molecule has 0 aliphatic carbocycles. The second-order valence-electron chi connectivity index (χ2n) is 6.24. The van der Waals surface area contributed by atoms with E-state index >= 15 is 0 Å². The maximum Gasteiger partial charge on any atom is 0.267 e. The first-order valence-corrected chi connectivity index (χ1v) is 10.9. The van der Waals surface area contributed by atoms with Crippen LogP contribution in [0.1, 0.15) is 0 Å². The fourth-order valence-electron chi connectivity index (χ4n) is 2.73. The van der Waals surface area contributed by atoms with Crippen LogP contribution in [-0.4, -0.2) is 30.9 Å². The Morgan fingerprint density at radius 2 is 1.80 bits per heavy atom. The van der Waals surface area contributed by atoms with Crippen molar-refractivity contribution in [2.75, 3.05) is 12.1 Å². The van der Waals surface area contributed by atoms with E-state index in [9.17, 15) is 18.0 Å². The number of carbonyl (C=O) groups excluding carboxylic acids is 1. The Morgan fingerprint density at radius 3 is 2.57 bits per heavy atom. The number of nitrogens with one attached hydrogen (secondary N) is 1. The number of rotatable bonds is 5. The van der Waals surface area contributed by atoms with Gasteiger partial charge in [-0.3, -0.25) is 9.59 Å². The Hall–Kier alpha value is -3.18. The van der Waals surface area contributed by atoms with Crippen molar-refractivity contribution in [3.05, 3.63) is 69.4 Å². The SMILES string of the molecule is O=C(Cn1nc(S(=O)(=O)c2ccc(Br)cc2)ccc1=O)Nc1ccc2c(c1)OCO2. The van der Waals surface area contributed by atoms with E-state index in [2.05, 4.69) is 26.3 Å². The van der Waals surface area contributed by atoms with Gasteiger partial charge in [-0.2, -0.15) is 5.10 Å². The lowest BCUT2D eigenvalue weighted by atomic mass is 10.3. The highest BCUT2D eigenvalue weighted by atomic mass is 79.9. The maximum absolute atomic E-state index is 12.8. The number of benzene rings is 2. The number of aromatic nitrogens is 2.